The van der Waals surface area contributed by atoms with Crippen LogP contribution in [0.15, 0.2) is 12.7 Å². The minimum Gasteiger partial charge on any atom is -0.465 e. The lowest BCUT2D eigenvalue weighted by molar-refractivity contribution is -0.151. The second-order valence-electron chi connectivity index (χ2n) is 3.05. The van der Waals surface area contributed by atoms with Crippen molar-refractivity contribution in [2.45, 2.75) is 26.7 Å². The summed E-state index contributed by atoms with van der Waals surface area (Å²) in [5, 5.41) is 0. The molecule has 1 unspecified atom stereocenters. The van der Waals surface area contributed by atoms with Crippen molar-refractivity contribution in [1.29, 1.82) is 0 Å². The summed E-state index contributed by atoms with van der Waals surface area (Å²) in [6, 6.07) is 0. The Morgan fingerprint density at radius 3 is 2.77 bits per heavy atom. The molecule has 0 aliphatic heterocycles. The van der Waals surface area contributed by atoms with Crippen molar-refractivity contribution in [2.24, 2.45) is 5.41 Å². The van der Waals surface area contributed by atoms with E-state index in [1.54, 1.807) is 19.9 Å². The van der Waals surface area contributed by atoms with Crippen LogP contribution >= 0.6 is 0 Å². The van der Waals surface area contributed by atoms with E-state index in [-0.39, 0.29) is 5.97 Å². The van der Waals surface area contributed by atoms with E-state index in [0.29, 0.717) is 19.4 Å². The smallest absolute Gasteiger partial charge is 0.315 e. The highest BCUT2D eigenvalue weighted by Gasteiger charge is 2.30. The maximum Gasteiger partial charge on any atom is 0.315 e. The quantitative estimate of drug-likeness (QED) is 0.368. The summed E-state index contributed by atoms with van der Waals surface area (Å²) in [7, 11) is 0. The molecule has 2 heteroatoms. The van der Waals surface area contributed by atoms with Gasteiger partial charge in [-0.3, -0.25) is 4.79 Å². The highest BCUT2D eigenvalue weighted by Crippen LogP contribution is 2.26. The molecular weight excluding hydrogens is 164 g/mol. The lowest BCUT2D eigenvalue weighted by atomic mass is 9.86. The third kappa shape index (κ3) is 3.33. The van der Waals surface area contributed by atoms with Gasteiger partial charge in [0.25, 0.3) is 0 Å². The Bertz CT molecular complexity index is 225. The summed E-state index contributed by atoms with van der Waals surface area (Å²) >= 11 is 0. The first-order valence-corrected chi connectivity index (χ1v) is 4.35. The van der Waals surface area contributed by atoms with Crippen molar-refractivity contribution < 1.29 is 9.53 Å². The van der Waals surface area contributed by atoms with Crippen molar-refractivity contribution in [1.82, 2.24) is 0 Å². The van der Waals surface area contributed by atoms with Crippen LogP contribution in [0.5, 0.6) is 0 Å². The number of ether oxygens (including phenoxy) is 1. The van der Waals surface area contributed by atoms with Crippen molar-refractivity contribution in [3.63, 3.8) is 0 Å². The molecule has 0 aromatic rings. The molecule has 0 aliphatic rings. The predicted octanol–water partition coefficient (Wildman–Crippen LogP) is 2.16. The monoisotopic (exact) mass is 180 g/mol. The molecule has 0 radical (unpaired) electrons. The van der Waals surface area contributed by atoms with Crippen LogP contribution in [-0.4, -0.2) is 12.6 Å². The molecule has 0 saturated heterocycles. The van der Waals surface area contributed by atoms with E-state index >= 15 is 0 Å². The average Bonchev–Trinajstić information content (AvgIpc) is 2.14. The molecule has 1 atom stereocenters. The van der Waals surface area contributed by atoms with Crippen LogP contribution in [0, 0.1) is 17.8 Å². The maximum atomic E-state index is 11.4. The van der Waals surface area contributed by atoms with Gasteiger partial charge in [0.05, 0.1) is 12.0 Å². The molecule has 0 aliphatic carbocycles. The van der Waals surface area contributed by atoms with Gasteiger partial charge in [0, 0.05) is 6.42 Å². The SMILES string of the molecule is C#CCCC(C)(C=C)C(=O)OCC. The third-order valence-corrected chi connectivity index (χ3v) is 1.98. The number of carbonyl (C=O) groups is 1. The number of carbonyl (C=O) groups excluding carboxylic acids is 1. The molecule has 0 aromatic heterocycles. The molecular formula is C11H16O2. The summed E-state index contributed by atoms with van der Waals surface area (Å²) in [5.74, 6) is 2.25. The van der Waals surface area contributed by atoms with Gasteiger partial charge < -0.3 is 4.74 Å². The van der Waals surface area contributed by atoms with Crippen molar-refractivity contribution in [3.05, 3.63) is 12.7 Å². The predicted molar refractivity (Wildman–Crippen MR) is 53.0 cm³/mol. The molecule has 13 heavy (non-hydrogen) atoms. The van der Waals surface area contributed by atoms with Gasteiger partial charge in [-0.15, -0.1) is 18.9 Å². The van der Waals surface area contributed by atoms with E-state index in [1.165, 1.54) is 0 Å². The van der Waals surface area contributed by atoms with Gasteiger partial charge >= 0.3 is 5.97 Å². The molecule has 0 spiro atoms. The molecule has 0 aromatic carbocycles. The van der Waals surface area contributed by atoms with E-state index in [4.69, 9.17) is 11.2 Å². The molecule has 0 fully saturated rings. The lowest BCUT2D eigenvalue weighted by Gasteiger charge is -2.21. The first-order valence-electron chi connectivity index (χ1n) is 4.35. The number of hydrogen-bond donors (Lipinski definition) is 0. The van der Waals surface area contributed by atoms with Gasteiger partial charge in [-0.25, -0.2) is 0 Å². The Morgan fingerprint density at radius 2 is 2.38 bits per heavy atom. The average molecular weight is 180 g/mol. The lowest BCUT2D eigenvalue weighted by Crippen LogP contribution is -2.27. The first kappa shape index (κ1) is 11.8. The van der Waals surface area contributed by atoms with Gasteiger partial charge in [0.2, 0.25) is 0 Å². The highest BCUT2D eigenvalue weighted by molar-refractivity contribution is 5.78. The van der Waals surface area contributed by atoms with E-state index in [2.05, 4.69) is 12.5 Å². The maximum absolute atomic E-state index is 11.4. The fourth-order valence-corrected chi connectivity index (χ4v) is 0.915. The largest absolute Gasteiger partial charge is 0.465 e. The second-order valence-corrected chi connectivity index (χ2v) is 3.05. The normalized spacial score (nSPS) is 13.9. The highest BCUT2D eigenvalue weighted by atomic mass is 16.5. The summed E-state index contributed by atoms with van der Waals surface area (Å²) in [6.45, 7) is 7.57. The number of terminal acetylenes is 1. The van der Waals surface area contributed by atoms with Gasteiger partial charge in [-0.05, 0) is 20.3 Å². The standard InChI is InChI=1S/C11H16O2/c1-5-8-9-11(4,6-2)10(12)13-7-3/h1,6H,2,7-9H2,3-4H3. The molecule has 0 bridgehead atoms. The fourth-order valence-electron chi connectivity index (χ4n) is 0.915. The van der Waals surface area contributed by atoms with Gasteiger partial charge in [0.15, 0.2) is 0 Å². The fraction of sp³-hybridized carbons (Fsp3) is 0.545. The summed E-state index contributed by atoms with van der Waals surface area (Å²) in [5.41, 5.74) is -0.637. The topological polar surface area (TPSA) is 26.3 Å². The Labute approximate surface area is 80.0 Å². The molecule has 0 amide bonds. The Morgan fingerprint density at radius 1 is 1.77 bits per heavy atom. The molecule has 0 rings (SSSR count). The van der Waals surface area contributed by atoms with Crippen LogP contribution in [0.1, 0.15) is 26.7 Å². The number of rotatable bonds is 5. The summed E-state index contributed by atoms with van der Waals surface area (Å²) in [6.07, 6.45) is 7.87. The van der Waals surface area contributed by atoms with Crippen LogP contribution in [0.3, 0.4) is 0 Å². The van der Waals surface area contributed by atoms with Crippen LogP contribution in [-0.2, 0) is 9.53 Å². The zero-order valence-corrected chi connectivity index (χ0v) is 8.30. The van der Waals surface area contributed by atoms with Crippen LogP contribution < -0.4 is 0 Å². The molecule has 0 saturated carbocycles. The zero-order chi connectivity index (χ0) is 10.3. The van der Waals surface area contributed by atoms with E-state index in [0.717, 1.165) is 0 Å². The van der Waals surface area contributed by atoms with Gasteiger partial charge in [-0.1, -0.05) is 6.08 Å². The molecule has 0 heterocycles. The second kappa shape index (κ2) is 5.42. The van der Waals surface area contributed by atoms with Gasteiger partial charge in [-0.2, -0.15) is 0 Å². The van der Waals surface area contributed by atoms with Crippen molar-refractivity contribution in [3.8, 4) is 12.3 Å². The van der Waals surface area contributed by atoms with Crippen LogP contribution in [0.4, 0.5) is 0 Å². The molecule has 2 nitrogen and oxygen atoms in total. The third-order valence-electron chi connectivity index (χ3n) is 1.98. The van der Waals surface area contributed by atoms with Crippen LogP contribution in [0.2, 0.25) is 0 Å². The number of esters is 1. The minimum absolute atomic E-state index is 0.250. The first-order chi connectivity index (χ1) is 6.10. The minimum atomic E-state index is -0.637. The molecule has 72 valence electrons. The Hall–Kier alpha value is -1.23. The summed E-state index contributed by atoms with van der Waals surface area (Å²) in [4.78, 5) is 11.4. The van der Waals surface area contributed by atoms with Crippen LogP contribution in [0.25, 0.3) is 0 Å². The zero-order valence-electron chi connectivity index (χ0n) is 8.30. The Kier molecular flexibility index (Phi) is 4.91. The van der Waals surface area contributed by atoms with E-state index in [9.17, 15) is 4.79 Å². The van der Waals surface area contributed by atoms with E-state index in [1.807, 2.05) is 0 Å². The van der Waals surface area contributed by atoms with Crippen molar-refractivity contribution >= 4 is 5.97 Å². The van der Waals surface area contributed by atoms with E-state index < -0.39 is 5.41 Å². The van der Waals surface area contributed by atoms with Crippen molar-refractivity contribution in [2.75, 3.05) is 6.61 Å². The number of hydrogen-bond acceptors (Lipinski definition) is 2. The molecule has 0 N–H and O–H groups in total. The van der Waals surface area contributed by atoms with Gasteiger partial charge in [0.1, 0.15) is 0 Å². The summed E-state index contributed by atoms with van der Waals surface area (Å²) < 4.78 is 4.92. The Balaban J connectivity index is 4.35.